The predicted molar refractivity (Wildman–Crippen MR) is 74.2 cm³/mol. The number of nitrogens with zero attached hydrogens (tertiary/aromatic N) is 1. The predicted octanol–water partition coefficient (Wildman–Crippen LogP) is 2.66. The first-order valence-electron chi connectivity index (χ1n) is 6.22. The summed E-state index contributed by atoms with van der Waals surface area (Å²) in [6.45, 7) is 0.561. The number of methoxy groups -OCH3 is 1. The normalized spacial score (nSPS) is 10.1. The van der Waals surface area contributed by atoms with Crippen LogP contribution in [0.1, 0.15) is 16.1 Å². The van der Waals surface area contributed by atoms with Crippen LogP contribution >= 0.6 is 0 Å². The Morgan fingerprint density at radius 3 is 2.90 bits per heavy atom. The summed E-state index contributed by atoms with van der Waals surface area (Å²) < 4.78 is 18.0. The Bertz CT molecular complexity index is 602. The van der Waals surface area contributed by atoms with Crippen molar-refractivity contribution in [3.8, 4) is 0 Å². The van der Waals surface area contributed by atoms with E-state index < -0.39 is 5.97 Å². The van der Waals surface area contributed by atoms with Gasteiger partial charge in [-0.3, -0.25) is 0 Å². The number of hydrogen-bond donors (Lipinski definition) is 1. The van der Waals surface area contributed by atoms with Crippen LogP contribution in [0.5, 0.6) is 0 Å². The van der Waals surface area contributed by atoms with E-state index in [0.717, 1.165) is 5.69 Å². The molecule has 4 nitrogen and oxygen atoms in total. The molecule has 0 saturated carbocycles. The second kappa shape index (κ2) is 6.65. The van der Waals surface area contributed by atoms with Crippen LogP contribution in [0, 0.1) is 5.82 Å². The number of esters is 1. The number of rotatable bonds is 5. The molecule has 104 valence electrons. The van der Waals surface area contributed by atoms with Crippen molar-refractivity contribution in [3.63, 3.8) is 0 Å². The fraction of sp³-hybridized carbons (Fsp3) is 0.200. The lowest BCUT2D eigenvalue weighted by atomic mass is 10.1. The van der Waals surface area contributed by atoms with Crippen LogP contribution in [-0.2, 0) is 11.2 Å². The van der Waals surface area contributed by atoms with Gasteiger partial charge in [-0.05, 0) is 30.2 Å². The molecule has 5 heteroatoms. The Hall–Kier alpha value is -2.43. The molecule has 0 radical (unpaired) electrons. The number of hydrogen-bond acceptors (Lipinski definition) is 4. The molecule has 1 aromatic heterocycles. The zero-order valence-corrected chi connectivity index (χ0v) is 11.1. The highest BCUT2D eigenvalue weighted by Gasteiger charge is 2.07. The molecule has 0 saturated heterocycles. The summed E-state index contributed by atoms with van der Waals surface area (Å²) in [5, 5.41) is 3.13. The zero-order chi connectivity index (χ0) is 14.4. The topological polar surface area (TPSA) is 51.2 Å². The Morgan fingerprint density at radius 1 is 1.35 bits per heavy atom. The van der Waals surface area contributed by atoms with Crippen LogP contribution in [0.3, 0.4) is 0 Å². The van der Waals surface area contributed by atoms with Gasteiger partial charge in [0.05, 0.1) is 7.11 Å². The van der Waals surface area contributed by atoms with E-state index in [1.54, 1.807) is 30.3 Å². The molecular formula is C15H15FN2O2. The number of pyridine rings is 1. The second-order valence-electron chi connectivity index (χ2n) is 4.19. The second-order valence-corrected chi connectivity index (χ2v) is 4.19. The van der Waals surface area contributed by atoms with Gasteiger partial charge < -0.3 is 10.1 Å². The summed E-state index contributed by atoms with van der Waals surface area (Å²) in [7, 11) is 1.31. The number of nitrogens with one attached hydrogen (secondary N) is 1. The molecule has 0 bridgehead atoms. The molecule has 0 fully saturated rings. The zero-order valence-electron chi connectivity index (χ0n) is 11.1. The van der Waals surface area contributed by atoms with Gasteiger partial charge >= 0.3 is 5.97 Å². The highest BCUT2D eigenvalue weighted by Crippen LogP contribution is 2.11. The van der Waals surface area contributed by atoms with E-state index in [1.165, 1.54) is 19.4 Å². The highest BCUT2D eigenvalue weighted by molar-refractivity contribution is 5.88. The monoisotopic (exact) mass is 274 g/mol. The van der Waals surface area contributed by atoms with E-state index in [1.807, 2.05) is 0 Å². The van der Waals surface area contributed by atoms with Gasteiger partial charge in [0, 0.05) is 18.4 Å². The van der Waals surface area contributed by atoms with Gasteiger partial charge in [-0.25, -0.2) is 14.2 Å². The molecule has 0 unspecified atom stereocenters. The molecule has 0 aliphatic rings. The van der Waals surface area contributed by atoms with Crippen molar-refractivity contribution in [2.75, 3.05) is 19.0 Å². The van der Waals surface area contributed by atoms with Gasteiger partial charge in [-0.15, -0.1) is 0 Å². The Morgan fingerprint density at radius 2 is 2.15 bits per heavy atom. The van der Waals surface area contributed by atoms with Gasteiger partial charge in [0.1, 0.15) is 11.5 Å². The molecule has 0 aliphatic carbocycles. The fourth-order valence-corrected chi connectivity index (χ4v) is 1.80. The van der Waals surface area contributed by atoms with E-state index in [-0.39, 0.29) is 11.5 Å². The lowest BCUT2D eigenvalue weighted by Crippen LogP contribution is -2.08. The first kappa shape index (κ1) is 14.0. The highest BCUT2D eigenvalue weighted by atomic mass is 19.1. The van der Waals surface area contributed by atoms with Crippen molar-refractivity contribution in [1.29, 1.82) is 0 Å². The molecule has 2 aromatic rings. The number of anilines is 1. The summed E-state index contributed by atoms with van der Waals surface area (Å²) in [6, 6.07) is 10.0. The van der Waals surface area contributed by atoms with Crippen LogP contribution in [0.15, 0.2) is 42.6 Å². The van der Waals surface area contributed by atoms with E-state index in [9.17, 15) is 9.18 Å². The summed E-state index contributed by atoms with van der Waals surface area (Å²) in [5.41, 5.74) is 1.64. The van der Waals surface area contributed by atoms with Crippen LogP contribution < -0.4 is 5.32 Å². The fourth-order valence-electron chi connectivity index (χ4n) is 1.80. The van der Waals surface area contributed by atoms with E-state index >= 15 is 0 Å². The summed E-state index contributed by atoms with van der Waals surface area (Å²) in [6.07, 6.45) is 2.08. The van der Waals surface area contributed by atoms with Crippen LogP contribution in [0.25, 0.3) is 0 Å². The first-order valence-corrected chi connectivity index (χ1v) is 6.22. The van der Waals surface area contributed by atoms with Gasteiger partial charge in [-0.1, -0.05) is 18.2 Å². The van der Waals surface area contributed by atoms with Gasteiger partial charge in [0.2, 0.25) is 0 Å². The largest absolute Gasteiger partial charge is 0.464 e. The molecule has 1 aromatic carbocycles. The summed E-state index contributed by atoms with van der Waals surface area (Å²) in [5.74, 6) is -0.693. The molecule has 0 aliphatic heterocycles. The molecule has 0 amide bonds. The lowest BCUT2D eigenvalue weighted by molar-refractivity contribution is 0.0594. The molecule has 1 heterocycles. The Labute approximate surface area is 116 Å². The third kappa shape index (κ3) is 3.54. The molecule has 1 N–H and O–H groups in total. The van der Waals surface area contributed by atoms with Crippen molar-refractivity contribution < 1.29 is 13.9 Å². The van der Waals surface area contributed by atoms with E-state index in [0.29, 0.717) is 18.5 Å². The Balaban J connectivity index is 1.94. The van der Waals surface area contributed by atoms with Crippen LogP contribution in [-0.4, -0.2) is 24.6 Å². The summed E-state index contributed by atoms with van der Waals surface area (Å²) >= 11 is 0. The average molecular weight is 274 g/mol. The third-order valence-corrected chi connectivity index (χ3v) is 2.84. The maximum Gasteiger partial charge on any atom is 0.356 e. The molecule has 0 atom stereocenters. The van der Waals surface area contributed by atoms with Crippen molar-refractivity contribution in [1.82, 2.24) is 4.98 Å². The molecular weight excluding hydrogens is 259 g/mol. The van der Waals surface area contributed by atoms with Crippen molar-refractivity contribution in [2.24, 2.45) is 0 Å². The number of halogens is 1. The van der Waals surface area contributed by atoms with Crippen molar-refractivity contribution in [3.05, 3.63) is 59.7 Å². The van der Waals surface area contributed by atoms with Crippen LogP contribution in [0.2, 0.25) is 0 Å². The number of ether oxygens (including phenoxy) is 1. The number of carbonyl (C=O) groups is 1. The van der Waals surface area contributed by atoms with Crippen LogP contribution in [0.4, 0.5) is 10.1 Å². The SMILES string of the molecule is COC(=O)c1cc(NCCc2ccccc2F)ccn1. The molecule has 0 spiro atoms. The minimum atomic E-state index is -0.484. The number of aromatic nitrogens is 1. The minimum absolute atomic E-state index is 0.209. The minimum Gasteiger partial charge on any atom is -0.464 e. The van der Waals surface area contributed by atoms with Crippen molar-refractivity contribution >= 4 is 11.7 Å². The molecule has 20 heavy (non-hydrogen) atoms. The van der Waals surface area contributed by atoms with E-state index in [2.05, 4.69) is 15.0 Å². The van der Waals surface area contributed by atoms with E-state index in [4.69, 9.17) is 0 Å². The van der Waals surface area contributed by atoms with Gasteiger partial charge in [0.25, 0.3) is 0 Å². The number of benzene rings is 1. The maximum absolute atomic E-state index is 13.4. The van der Waals surface area contributed by atoms with Crippen molar-refractivity contribution in [2.45, 2.75) is 6.42 Å². The standard InChI is InChI=1S/C15H15FN2O2/c1-20-15(19)14-10-12(7-9-18-14)17-8-6-11-4-2-3-5-13(11)16/h2-5,7,9-10H,6,8H2,1H3,(H,17,18). The van der Waals surface area contributed by atoms with Gasteiger partial charge in [0.15, 0.2) is 0 Å². The smallest absolute Gasteiger partial charge is 0.356 e. The third-order valence-electron chi connectivity index (χ3n) is 2.84. The maximum atomic E-state index is 13.4. The lowest BCUT2D eigenvalue weighted by Gasteiger charge is -2.08. The summed E-state index contributed by atoms with van der Waals surface area (Å²) in [4.78, 5) is 15.3. The average Bonchev–Trinajstić information content (AvgIpc) is 2.49. The van der Waals surface area contributed by atoms with Gasteiger partial charge in [-0.2, -0.15) is 0 Å². The molecule has 2 rings (SSSR count). The number of carbonyl (C=O) groups excluding carboxylic acids is 1. The first-order chi connectivity index (χ1) is 9.70. The quantitative estimate of drug-likeness (QED) is 0.852. The Kier molecular flexibility index (Phi) is 4.65.